The van der Waals surface area contributed by atoms with E-state index in [0.29, 0.717) is 0 Å². The Balaban J connectivity index is 2.25. The summed E-state index contributed by atoms with van der Waals surface area (Å²) in [5.74, 6) is -0.511. The third-order valence-corrected chi connectivity index (χ3v) is 5.98. The second-order valence-electron chi connectivity index (χ2n) is 8.04. The van der Waals surface area contributed by atoms with Gasteiger partial charge in [-0.1, -0.05) is 22.3 Å². The molecule has 15 nitrogen and oxygen atoms in total. The Morgan fingerprint density at radius 3 is 2.16 bits per heavy atom. The quantitative estimate of drug-likeness (QED) is 0.167. The highest BCUT2D eigenvalue weighted by Crippen LogP contribution is 2.40. The van der Waals surface area contributed by atoms with Crippen molar-refractivity contribution < 1.29 is 24.8 Å². The molecule has 0 aromatic heterocycles. The van der Waals surface area contributed by atoms with Gasteiger partial charge >= 0.3 is 0 Å². The molecule has 1 aliphatic heterocycles. The number of rotatable bonds is 10. The molecule has 0 aromatic carbocycles. The van der Waals surface area contributed by atoms with Gasteiger partial charge in [0, 0.05) is 20.8 Å². The van der Waals surface area contributed by atoms with Gasteiger partial charge in [-0.25, -0.2) is 0 Å². The molecule has 1 aliphatic carbocycles. The van der Waals surface area contributed by atoms with Crippen molar-refractivity contribution in [3.8, 4) is 0 Å². The van der Waals surface area contributed by atoms with Crippen LogP contribution in [-0.4, -0.2) is 82.2 Å². The van der Waals surface area contributed by atoms with Crippen molar-refractivity contribution >= 4 is 0 Å². The van der Waals surface area contributed by atoms with Gasteiger partial charge in [0.25, 0.3) is 0 Å². The molecule has 31 heavy (non-hydrogen) atoms. The molecule has 0 bridgehead atoms. The van der Waals surface area contributed by atoms with E-state index in [1.54, 1.807) is 13.8 Å². The largest absolute Gasteiger partial charge is 0.390 e. The van der Waals surface area contributed by atoms with Gasteiger partial charge in [-0.05, 0) is 42.8 Å². The fraction of sp³-hybridized carbons (Fsp3) is 1.00. The Bertz CT molecular complexity index is 766. The summed E-state index contributed by atoms with van der Waals surface area (Å²) >= 11 is 0. The van der Waals surface area contributed by atoms with Crippen LogP contribution in [0.3, 0.4) is 0 Å². The topological polar surface area (TPSA) is 255 Å². The van der Waals surface area contributed by atoms with Crippen LogP contribution in [0, 0.1) is 5.92 Å². The number of hydrogen-bond donors (Lipinski definition) is 4. The van der Waals surface area contributed by atoms with E-state index in [2.05, 4.69) is 30.1 Å². The van der Waals surface area contributed by atoms with Crippen LogP contribution in [0.4, 0.5) is 0 Å². The normalized spacial score (nSPS) is 35.3. The monoisotopic (exact) mass is 440 g/mol. The number of hydrogen-bond acceptors (Lipinski definition) is 9. The Morgan fingerprint density at radius 2 is 1.61 bits per heavy atom. The molecule has 0 amide bonds. The average Bonchev–Trinajstić information content (AvgIpc) is 3.53. The van der Waals surface area contributed by atoms with Gasteiger partial charge in [0.2, 0.25) is 0 Å². The summed E-state index contributed by atoms with van der Waals surface area (Å²) in [6.45, 7) is 4.80. The molecule has 12 atom stereocenters. The van der Waals surface area contributed by atoms with E-state index in [1.165, 1.54) is 6.92 Å². The molecule has 2 fully saturated rings. The highest BCUT2D eigenvalue weighted by Gasteiger charge is 2.56. The molecule has 1 saturated carbocycles. The Labute approximate surface area is 178 Å². The van der Waals surface area contributed by atoms with E-state index < -0.39 is 72.8 Å². The molecule has 0 radical (unpaired) electrons. The van der Waals surface area contributed by atoms with Crippen LogP contribution >= 0.6 is 0 Å². The van der Waals surface area contributed by atoms with Crippen LogP contribution in [0.25, 0.3) is 31.3 Å². The number of azide groups is 3. The van der Waals surface area contributed by atoms with Crippen molar-refractivity contribution in [2.45, 2.75) is 94.1 Å². The lowest BCUT2D eigenvalue weighted by atomic mass is 9.89. The zero-order valence-corrected chi connectivity index (χ0v) is 17.4. The lowest BCUT2D eigenvalue weighted by Gasteiger charge is -2.35. The van der Waals surface area contributed by atoms with Gasteiger partial charge in [-0.15, -0.1) is 0 Å². The van der Waals surface area contributed by atoms with Gasteiger partial charge in [-0.2, -0.15) is 0 Å². The van der Waals surface area contributed by atoms with Crippen LogP contribution in [0.1, 0.15) is 27.2 Å². The SMILES string of the molecule is CC(N)C(C)[C@@H](O)C(O)C(N=[N+]=[N-])[C@H](C)O[C@@H]1C(N=[N+]=[N-])CC(N=[N+]=[N-])[C@@H]2O[C@H]2C1O. The summed E-state index contributed by atoms with van der Waals surface area (Å²) in [5.41, 5.74) is 32.4. The van der Waals surface area contributed by atoms with Gasteiger partial charge in [0.15, 0.2) is 0 Å². The number of ether oxygens (including phenoxy) is 2. The third kappa shape index (κ3) is 5.69. The van der Waals surface area contributed by atoms with Crippen LogP contribution in [-0.2, 0) is 9.47 Å². The van der Waals surface area contributed by atoms with Crippen molar-refractivity contribution in [1.29, 1.82) is 0 Å². The second-order valence-corrected chi connectivity index (χ2v) is 8.04. The highest BCUT2D eigenvalue weighted by molar-refractivity contribution is 5.09. The van der Waals surface area contributed by atoms with E-state index in [1.807, 2.05) is 0 Å². The molecular formula is C16H28N10O5. The first kappa shape index (κ1) is 25.0. The molecule has 1 heterocycles. The minimum Gasteiger partial charge on any atom is -0.390 e. The summed E-state index contributed by atoms with van der Waals surface area (Å²) in [6, 6.07) is -3.23. The van der Waals surface area contributed by atoms with Crippen molar-refractivity contribution in [1.82, 2.24) is 0 Å². The van der Waals surface area contributed by atoms with E-state index in [-0.39, 0.29) is 6.42 Å². The van der Waals surface area contributed by atoms with Crippen LogP contribution in [0.15, 0.2) is 15.3 Å². The standard InChI is InChI=1S/C16H28N10O5/c1-5(6(2)17)11(27)12(28)10(23-26-20)7(3)30-14-8(21-24-18)4-9(22-25-19)15-16(31-15)13(14)29/h5-16,27-29H,4,17H2,1-3H3/t5?,6?,7-,8?,9?,10?,11+,12?,13?,14+,15-,16-/m0/s1. The van der Waals surface area contributed by atoms with Gasteiger partial charge in [-0.3, -0.25) is 0 Å². The Kier molecular flexibility index (Phi) is 8.71. The van der Waals surface area contributed by atoms with Gasteiger partial charge in [0.05, 0.1) is 48.6 Å². The molecule has 1 saturated heterocycles. The first-order chi connectivity index (χ1) is 14.7. The predicted molar refractivity (Wildman–Crippen MR) is 107 cm³/mol. The van der Waals surface area contributed by atoms with Crippen molar-refractivity contribution in [3.63, 3.8) is 0 Å². The van der Waals surface area contributed by atoms with E-state index in [4.69, 9.17) is 31.8 Å². The molecule has 172 valence electrons. The molecule has 0 spiro atoms. The molecular weight excluding hydrogens is 412 g/mol. The first-order valence-electron chi connectivity index (χ1n) is 9.91. The summed E-state index contributed by atoms with van der Waals surface area (Å²) in [4.78, 5) is 8.29. The minimum absolute atomic E-state index is 0.0722. The number of aliphatic hydroxyl groups excluding tert-OH is 3. The Morgan fingerprint density at radius 1 is 1.00 bits per heavy atom. The lowest BCUT2D eigenvalue weighted by molar-refractivity contribution is -0.119. The van der Waals surface area contributed by atoms with Gasteiger partial charge in [0.1, 0.15) is 12.2 Å². The summed E-state index contributed by atoms with van der Waals surface area (Å²) in [6.07, 6.45) is -7.26. The fourth-order valence-electron chi connectivity index (χ4n) is 3.83. The van der Waals surface area contributed by atoms with Crippen molar-refractivity contribution in [2.24, 2.45) is 27.0 Å². The zero-order chi connectivity index (χ0) is 23.3. The summed E-state index contributed by atoms with van der Waals surface area (Å²) < 4.78 is 11.3. The minimum atomic E-state index is -1.51. The molecule has 15 heteroatoms. The van der Waals surface area contributed by atoms with Crippen molar-refractivity contribution in [3.05, 3.63) is 31.3 Å². The number of nitrogens with two attached hydrogens (primary N) is 1. The third-order valence-electron chi connectivity index (χ3n) is 5.98. The number of nitrogens with zero attached hydrogens (tertiary/aromatic N) is 9. The highest BCUT2D eigenvalue weighted by atomic mass is 16.6. The van der Waals surface area contributed by atoms with E-state index in [0.717, 1.165) is 0 Å². The summed E-state index contributed by atoms with van der Waals surface area (Å²) in [5, 5.41) is 42.7. The maximum Gasteiger partial charge on any atom is 0.113 e. The molecule has 2 aliphatic rings. The maximum atomic E-state index is 10.7. The summed E-state index contributed by atoms with van der Waals surface area (Å²) in [7, 11) is 0. The van der Waals surface area contributed by atoms with Crippen LogP contribution < -0.4 is 5.73 Å². The molecule has 5 N–H and O–H groups in total. The fourth-order valence-corrected chi connectivity index (χ4v) is 3.83. The molecule has 2 rings (SSSR count). The van der Waals surface area contributed by atoms with E-state index in [9.17, 15) is 15.3 Å². The lowest BCUT2D eigenvalue weighted by Crippen LogP contribution is -2.51. The molecule has 0 aromatic rings. The van der Waals surface area contributed by atoms with Crippen molar-refractivity contribution in [2.75, 3.05) is 0 Å². The number of aliphatic hydroxyl groups is 3. The second kappa shape index (κ2) is 10.8. The number of epoxide rings is 1. The van der Waals surface area contributed by atoms with E-state index >= 15 is 0 Å². The predicted octanol–water partition coefficient (Wildman–Crippen LogP) is 1.03. The Hall–Kier alpha value is -2.31. The van der Waals surface area contributed by atoms with Gasteiger partial charge < -0.3 is 30.5 Å². The maximum absolute atomic E-state index is 10.7. The van der Waals surface area contributed by atoms with Crippen LogP contribution in [0.2, 0.25) is 0 Å². The number of fused-ring (bicyclic) bond motifs is 1. The average molecular weight is 440 g/mol. The first-order valence-corrected chi connectivity index (χ1v) is 9.91. The molecule has 7 unspecified atom stereocenters. The van der Waals surface area contributed by atoms with Crippen LogP contribution in [0.5, 0.6) is 0 Å². The smallest absolute Gasteiger partial charge is 0.113 e. The zero-order valence-electron chi connectivity index (χ0n) is 17.4.